The molecule has 1 rings (SSSR count). The zero-order valence-electron chi connectivity index (χ0n) is 6.91. The predicted octanol–water partition coefficient (Wildman–Crippen LogP) is 0.709. The Morgan fingerprint density at radius 1 is 1.43 bits per heavy atom. The molecular formula is C7H7N3O4. The number of oxime groups is 1. The van der Waals surface area contributed by atoms with Crippen LogP contribution in [0.5, 0.6) is 0 Å². The zero-order chi connectivity index (χ0) is 10.6. The second kappa shape index (κ2) is 4.19. The molecule has 0 saturated heterocycles. The number of nitro groups is 1. The van der Waals surface area contributed by atoms with Gasteiger partial charge in [-0.05, 0) is 12.1 Å². The molecule has 0 atom stereocenters. The standard InChI is InChI=1S/C7H7N3O4/c11-8-7(9-12)5-1-3-6(4-2-5)10(13)14/h1-4,11-12H,(H,8,9). The fraction of sp³-hybridized carbons (Fsp3) is 0. The van der Waals surface area contributed by atoms with Gasteiger partial charge >= 0.3 is 0 Å². The number of nitrogens with one attached hydrogen (secondary N) is 1. The summed E-state index contributed by atoms with van der Waals surface area (Å²) in [5, 5.41) is 29.9. The summed E-state index contributed by atoms with van der Waals surface area (Å²) in [6.45, 7) is 0. The summed E-state index contributed by atoms with van der Waals surface area (Å²) in [7, 11) is 0. The minimum absolute atomic E-state index is 0.0796. The maximum absolute atomic E-state index is 10.3. The van der Waals surface area contributed by atoms with E-state index in [1.165, 1.54) is 24.3 Å². The summed E-state index contributed by atoms with van der Waals surface area (Å²) < 4.78 is 0. The van der Waals surface area contributed by atoms with E-state index in [9.17, 15) is 10.1 Å². The highest BCUT2D eigenvalue weighted by Gasteiger charge is 2.07. The average molecular weight is 197 g/mol. The van der Waals surface area contributed by atoms with Crippen LogP contribution in [0.2, 0.25) is 0 Å². The molecule has 1 aromatic carbocycles. The largest absolute Gasteiger partial charge is 0.409 e. The molecule has 14 heavy (non-hydrogen) atoms. The molecule has 7 heteroatoms. The Hall–Kier alpha value is -2.15. The first-order valence-electron chi connectivity index (χ1n) is 3.56. The van der Waals surface area contributed by atoms with Gasteiger partial charge in [0.05, 0.1) is 4.92 Å². The van der Waals surface area contributed by atoms with Crippen LogP contribution in [0.3, 0.4) is 0 Å². The number of hydrogen-bond acceptors (Lipinski definition) is 5. The van der Waals surface area contributed by atoms with Crippen molar-refractivity contribution < 1.29 is 15.3 Å². The molecule has 0 heterocycles. The molecule has 0 unspecified atom stereocenters. The van der Waals surface area contributed by atoms with Crippen LogP contribution in [0.4, 0.5) is 5.69 Å². The summed E-state index contributed by atoms with van der Waals surface area (Å²) >= 11 is 0. The van der Waals surface area contributed by atoms with Crippen molar-refractivity contribution in [1.82, 2.24) is 5.48 Å². The first kappa shape index (κ1) is 9.93. The van der Waals surface area contributed by atoms with E-state index in [1.807, 2.05) is 0 Å². The van der Waals surface area contributed by atoms with Crippen molar-refractivity contribution in [2.75, 3.05) is 0 Å². The van der Waals surface area contributed by atoms with Crippen LogP contribution in [0.15, 0.2) is 29.4 Å². The second-order valence-corrected chi connectivity index (χ2v) is 2.36. The van der Waals surface area contributed by atoms with Crippen molar-refractivity contribution >= 4 is 11.5 Å². The Kier molecular flexibility index (Phi) is 2.97. The molecule has 0 fully saturated rings. The van der Waals surface area contributed by atoms with E-state index in [4.69, 9.17) is 10.4 Å². The topological polar surface area (TPSA) is 108 Å². The van der Waals surface area contributed by atoms with Crippen molar-refractivity contribution in [2.45, 2.75) is 0 Å². The van der Waals surface area contributed by atoms with Gasteiger partial charge in [-0.15, -0.1) is 0 Å². The fourth-order valence-corrected chi connectivity index (χ4v) is 0.886. The highest BCUT2D eigenvalue weighted by atomic mass is 16.6. The number of hydroxylamine groups is 1. The van der Waals surface area contributed by atoms with Crippen molar-refractivity contribution in [1.29, 1.82) is 0 Å². The van der Waals surface area contributed by atoms with E-state index in [1.54, 1.807) is 5.48 Å². The number of amidine groups is 1. The Labute approximate surface area is 78.4 Å². The van der Waals surface area contributed by atoms with Gasteiger partial charge in [0.15, 0.2) is 5.84 Å². The lowest BCUT2D eigenvalue weighted by molar-refractivity contribution is -0.384. The van der Waals surface area contributed by atoms with E-state index in [0.717, 1.165) is 0 Å². The summed E-state index contributed by atoms with van der Waals surface area (Å²) in [4.78, 5) is 9.73. The Morgan fingerprint density at radius 2 is 2.00 bits per heavy atom. The molecule has 0 radical (unpaired) electrons. The van der Waals surface area contributed by atoms with E-state index in [-0.39, 0.29) is 11.5 Å². The van der Waals surface area contributed by atoms with Crippen LogP contribution < -0.4 is 5.48 Å². The Bertz CT molecular complexity index is 360. The summed E-state index contributed by atoms with van der Waals surface area (Å²) in [5.41, 5.74) is 1.90. The van der Waals surface area contributed by atoms with E-state index in [2.05, 4.69) is 5.16 Å². The van der Waals surface area contributed by atoms with E-state index in [0.29, 0.717) is 5.56 Å². The quantitative estimate of drug-likeness (QED) is 0.213. The molecule has 0 saturated carbocycles. The number of hydrogen-bond donors (Lipinski definition) is 3. The lowest BCUT2D eigenvalue weighted by Crippen LogP contribution is -2.19. The van der Waals surface area contributed by atoms with Gasteiger partial charge in [-0.2, -0.15) is 0 Å². The molecule has 7 nitrogen and oxygen atoms in total. The SMILES string of the molecule is O=[N+]([O-])c1ccc(C(=NO)NO)cc1. The van der Waals surface area contributed by atoms with Crippen molar-refractivity contribution in [2.24, 2.45) is 5.16 Å². The first-order chi connectivity index (χ1) is 6.69. The van der Waals surface area contributed by atoms with Crippen LogP contribution >= 0.6 is 0 Å². The predicted molar refractivity (Wildman–Crippen MR) is 46.3 cm³/mol. The third-order valence-electron chi connectivity index (χ3n) is 1.56. The fourth-order valence-electron chi connectivity index (χ4n) is 0.886. The lowest BCUT2D eigenvalue weighted by atomic mass is 10.2. The molecule has 0 amide bonds. The summed E-state index contributed by atoms with van der Waals surface area (Å²) in [5.74, 6) is -0.181. The van der Waals surface area contributed by atoms with Crippen molar-refractivity contribution in [3.05, 3.63) is 39.9 Å². The molecule has 0 spiro atoms. The van der Waals surface area contributed by atoms with E-state index >= 15 is 0 Å². The average Bonchev–Trinajstić information content (AvgIpc) is 2.20. The minimum Gasteiger partial charge on any atom is -0.409 e. The number of rotatable bonds is 2. The summed E-state index contributed by atoms with van der Waals surface area (Å²) in [6.07, 6.45) is 0. The highest BCUT2D eigenvalue weighted by molar-refractivity contribution is 5.97. The lowest BCUT2D eigenvalue weighted by Gasteiger charge is -2.00. The van der Waals surface area contributed by atoms with Gasteiger partial charge in [-0.3, -0.25) is 15.3 Å². The van der Waals surface area contributed by atoms with Gasteiger partial charge in [0.2, 0.25) is 0 Å². The van der Waals surface area contributed by atoms with Gasteiger partial charge in [-0.1, -0.05) is 5.16 Å². The smallest absolute Gasteiger partial charge is 0.269 e. The minimum atomic E-state index is -0.550. The molecule has 1 aromatic rings. The molecular weight excluding hydrogens is 190 g/mol. The van der Waals surface area contributed by atoms with Gasteiger partial charge in [0.25, 0.3) is 5.69 Å². The maximum Gasteiger partial charge on any atom is 0.269 e. The number of non-ortho nitro benzene ring substituents is 1. The van der Waals surface area contributed by atoms with E-state index < -0.39 is 4.92 Å². The van der Waals surface area contributed by atoms with Gasteiger partial charge in [0.1, 0.15) is 0 Å². The van der Waals surface area contributed by atoms with Crippen LogP contribution in [0.25, 0.3) is 0 Å². The van der Waals surface area contributed by atoms with Crippen LogP contribution in [-0.4, -0.2) is 21.2 Å². The third kappa shape index (κ3) is 1.96. The molecule has 0 aromatic heterocycles. The molecule has 0 aliphatic carbocycles. The number of nitrogens with zero attached hydrogens (tertiary/aromatic N) is 2. The number of benzene rings is 1. The zero-order valence-corrected chi connectivity index (χ0v) is 6.91. The maximum atomic E-state index is 10.3. The van der Waals surface area contributed by atoms with Gasteiger partial charge in [0, 0.05) is 17.7 Å². The third-order valence-corrected chi connectivity index (χ3v) is 1.56. The molecule has 74 valence electrons. The second-order valence-electron chi connectivity index (χ2n) is 2.36. The Balaban J connectivity index is 2.99. The normalized spacial score (nSPS) is 11.1. The highest BCUT2D eigenvalue weighted by Crippen LogP contribution is 2.11. The molecule has 0 aliphatic rings. The van der Waals surface area contributed by atoms with Gasteiger partial charge in [-0.25, -0.2) is 5.48 Å². The first-order valence-corrected chi connectivity index (χ1v) is 3.56. The van der Waals surface area contributed by atoms with Crippen molar-refractivity contribution in [3.63, 3.8) is 0 Å². The number of nitro benzene ring substituents is 1. The monoisotopic (exact) mass is 197 g/mol. The van der Waals surface area contributed by atoms with Crippen LogP contribution in [0.1, 0.15) is 5.56 Å². The Morgan fingerprint density at radius 3 is 2.36 bits per heavy atom. The van der Waals surface area contributed by atoms with Crippen LogP contribution in [-0.2, 0) is 0 Å². The molecule has 0 bridgehead atoms. The van der Waals surface area contributed by atoms with Crippen molar-refractivity contribution in [3.8, 4) is 0 Å². The van der Waals surface area contributed by atoms with Gasteiger partial charge < -0.3 is 5.21 Å². The molecule has 0 aliphatic heterocycles. The molecule has 3 N–H and O–H groups in total. The van der Waals surface area contributed by atoms with Crippen LogP contribution in [0, 0.1) is 10.1 Å². The summed E-state index contributed by atoms with van der Waals surface area (Å²) in [6, 6.07) is 5.16.